The molecule has 0 spiro atoms. The van der Waals surface area contributed by atoms with Crippen LogP contribution in [0.25, 0.3) is 0 Å². The van der Waals surface area contributed by atoms with E-state index in [0.29, 0.717) is 6.04 Å². The van der Waals surface area contributed by atoms with Crippen LogP contribution in [0.2, 0.25) is 0 Å². The van der Waals surface area contributed by atoms with Gasteiger partial charge in [-0.3, -0.25) is 0 Å². The van der Waals surface area contributed by atoms with Gasteiger partial charge in [-0.25, -0.2) is 0 Å². The molecule has 2 aliphatic rings. The maximum atomic E-state index is 3.58. The van der Waals surface area contributed by atoms with Crippen LogP contribution in [0.3, 0.4) is 0 Å². The molecule has 0 amide bonds. The normalized spacial score (nSPS) is 34.5. The molecule has 0 radical (unpaired) electrons. The van der Waals surface area contributed by atoms with Gasteiger partial charge < -0.3 is 5.32 Å². The fourth-order valence-electron chi connectivity index (χ4n) is 4.02. The SMILES string of the molecule is CNC(c1ccsc1C)C1CC2CCC1C2. The number of nitrogens with one attached hydrogen (secondary N) is 1. The molecule has 1 heterocycles. The van der Waals surface area contributed by atoms with E-state index in [-0.39, 0.29) is 0 Å². The van der Waals surface area contributed by atoms with E-state index in [0.717, 1.165) is 17.8 Å². The molecule has 1 N–H and O–H groups in total. The minimum atomic E-state index is 0.613. The van der Waals surface area contributed by atoms with Crippen molar-refractivity contribution < 1.29 is 0 Å². The summed E-state index contributed by atoms with van der Waals surface area (Å²) in [4.78, 5) is 1.50. The summed E-state index contributed by atoms with van der Waals surface area (Å²) in [5.41, 5.74) is 1.56. The zero-order valence-corrected chi connectivity index (χ0v) is 11.0. The molecule has 2 heteroatoms. The first-order chi connectivity index (χ1) is 7.79. The van der Waals surface area contributed by atoms with Crippen molar-refractivity contribution in [3.05, 3.63) is 21.9 Å². The molecule has 3 rings (SSSR count). The van der Waals surface area contributed by atoms with Crippen LogP contribution in [-0.4, -0.2) is 7.05 Å². The van der Waals surface area contributed by atoms with Gasteiger partial charge in [0.2, 0.25) is 0 Å². The molecule has 1 aromatic rings. The summed E-state index contributed by atoms with van der Waals surface area (Å²) in [5, 5.41) is 5.82. The highest BCUT2D eigenvalue weighted by atomic mass is 32.1. The average molecular weight is 235 g/mol. The first kappa shape index (κ1) is 10.8. The van der Waals surface area contributed by atoms with E-state index >= 15 is 0 Å². The lowest BCUT2D eigenvalue weighted by atomic mass is 9.80. The number of hydrogen-bond acceptors (Lipinski definition) is 2. The molecule has 1 aromatic heterocycles. The Labute approximate surface area is 102 Å². The van der Waals surface area contributed by atoms with Gasteiger partial charge in [0.15, 0.2) is 0 Å². The van der Waals surface area contributed by atoms with Crippen LogP contribution in [0.4, 0.5) is 0 Å². The summed E-state index contributed by atoms with van der Waals surface area (Å²) in [6.07, 6.45) is 5.95. The van der Waals surface area contributed by atoms with Crippen LogP contribution in [-0.2, 0) is 0 Å². The monoisotopic (exact) mass is 235 g/mol. The summed E-state index contributed by atoms with van der Waals surface area (Å²) in [6.45, 7) is 2.26. The van der Waals surface area contributed by atoms with Gasteiger partial charge in [-0.05, 0) is 68.0 Å². The second kappa shape index (κ2) is 4.15. The minimum absolute atomic E-state index is 0.613. The number of thiophene rings is 1. The van der Waals surface area contributed by atoms with Gasteiger partial charge in [-0.2, -0.15) is 0 Å². The Morgan fingerprint density at radius 2 is 2.25 bits per heavy atom. The lowest BCUT2D eigenvalue weighted by Gasteiger charge is -2.30. The van der Waals surface area contributed by atoms with E-state index in [1.165, 1.54) is 30.6 Å². The topological polar surface area (TPSA) is 12.0 Å². The first-order valence-electron chi connectivity index (χ1n) is 6.51. The highest BCUT2D eigenvalue weighted by molar-refractivity contribution is 7.10. The van der Waals surface area contributed by atoms with Crippen molar-refractivity contribution in [3.63, 3.8) is 0 Å². The van der Waals surface area contributed by atoms with Crippen molar-refractivity contribution in [1.82, 2.24) is 5.32 Å². The molecule has 4 unspecified atom stereocenters. The summed E-state index contributed by atoms with van der Waals surface area (Å²) in [6, 6.07) is 2.94. The smallest absolute Gasteiger partial charge is 0.0359 e. The molecule has 2 aliphatic carbocycles. The molecule has 2 bridgehead atoms. The van der Waals surface area contributed by atoms with E-state index in [4.69, 9.17) is 0 Å². The predicted octanol–water partition coefficient (Wildman–Crippen LogP) is 3.75. The third-order valence-corrected chi connectivity index (χ3v) is 5.63. The van der Waals surface area contributed by atoms with Gasteiger partial charge in [-0.1, -0.05) is 6.42 Å². The third kappa shape index (κ3) is 1.63. The largest absolute Gasteiger partial charge is 0.313 e. The summed E-state index contributed by atoms with van der Waals surface area (Å²) in [5.74, 6) is 2.95. The molecule has 0 saturated heterocycles. The molecular weight excluding hydrogens is 214 g/mol. The predicted molar refractivity (Wildman–Crippen MR) is 69.8 cm³/mol. The Hall–Kier alpha value is -0.340. The molecule has 1 nitrogen and oxygen atoms in total. The summed E-state index contributed by atoms with van der Waals surface area (Å²) < 4.78 is 0. The van der Waals surface area contributed by atoms with Crippen LogP contribution in [0.1, 0.15) is 42.2 Å². The molecule has 16 heavy (non-hydrogen) atoms. The van der Waals surface area contributed by atoms with Gasteiger partial charge in [-0.15, -0.1) is 11.3 Å². The van der Waals surface area contributed by atoms with Crippen molar-refractivity contribution in [2.75, 3.05) is 7.05 Å². The fraction of sp³-hybridized carbons (Fsp3) is 0.714. The second-order valence-electron chi connectivity index (χ2n) is 5.54. The Kier molecular flexibility index (Phi) is 2.80. The van der Waals surface area contributed by atoms with Gasteiger partial charge in [0.05, 0.1) is 0 Å². The fourth-order valence-corrected chi connectivity index (χ4v) is 4.77. The first-order valence-corrected chi connectivity index (χ1v) is 7.38. The van der Waals surface area contributed by atoms with Gasteiger partial charge in [0.1, 0.15) is 0 Å². The number of hydrogen-bond donors (Lipinski definition) is 1. The van der Waals surface area contributed by atoms with Crippen LogP contribution >= 0.6 is 11.3 Å². The zero-order valence-electron chi connectivity index (χ0n) is 10.2. The number of fused-ring (bicyclic) bond motifs is 2. The maximum Gasteiger partial charge on any atom is 0.0359 e. The van der Waals surface area contributed by atoms with E-state index in [1.54, 1.807) is 5.56 Å². The molecule has 0 aliphatic heterocycles. The van der Waals surface area contributed by atoms with E-state index in [9.17, 15) is 0 Å². The van der Waals surface area contributed by atoms with Crippen molar-refractivity contribution in [2.45, 2.75) is 38.6 Å². The molecular formula is C14H21NS. The number of rotatable bonds is 3. The zero-order chi connectivity index (χ0) is 11.1. The Bertz CT molecular complexity index is 371. The van der Waals surface area contributed by atoms with Crippen LogP contribution in [0, 0.1) is 24.7 Å². The quantitative estimate of drug-likeness (QED) is 0.841. The Morgan fingerprint density at radius 3 is 2.75 bits per heavy atom. The van der Waals surface area contributed by atoms with Crippen LogP contribution in [0.15, 0.2) is 11.4 Å². The molecule has 88 valence electrons. The van der Waals surface area contributed by atoms with Crippen LogP contribution in [0.5, 0.6) is 0 Å². The van der Waals surface area contributed by atoms with Gasteiger partial charge >= 0.3 is 0 Å². The second-order valence-corrected chi connectivity index (χ2v) is 6.66. The standard InChI is InChI=1S/C14H21NS/c1-9-12(5-6-16-9)14(15-2)13-8-10-3-4-11(13)7-10/h5-6,10-11,13-15H,3-4,7-8H2,1-2H3. The highest BCUT2D eigenvalue weighted by Crippen LogP contribution is 2.52. The van der Waals surface area contributed by atoms with E-state index in [2.05, 4.69) is 30.7 Å². The molecule has 2 fully saturated rings. The minimum Gasteiger partial charge on any atom is -0.313 e. The Balaban J connectivity index is 1.84. The molecule has 0 aromatic carbocycles. The summed E-state index contributed by atoms with van der Waals surface area (Å²) >= 11 is 1.89. The lowest BCUT2D eigenvalue weighted by molar-refractivity contribution is 0.259. The van der Waals surface area contributed by atoms with Crippen molar-refractivity contribution >= 4 is 11.3 Å². The Morgan fingerprint density at radius 1 is 1.38 bits per heavy atom. The molecule has 2 saturated carbocycles. The van der Waals surface area contributed by atoms with Crippen molar-refractivity contribution in [3.8, 4) is 0 Å². The van der Waals surface area contributed by atoms with Crippen molar-refractivity contribution in [1.29, 1.82) is 0 Å². The van der Waals surface area contributed by atoms with E-state index in [1.807, 2.05) is 11.3 Å². The van der Waals surface area contributed by atoms with Crippen molar-refractivity contribution in [2.24, 2.45) is 17.8 Å². The van der Waals surface area contributed by atoms with Crippen LogP contribution < -0.4 is 5.32 Å². The lowest BCUT2D eigenvalue weighted by Crippen LogP contribution is -2.29. The number of aryl methyl sites for hydroxylation is 1. The maximum absolute atomic E-state index is 3.58. The average Bonchev–Trinajstić information content (AvgIpc) is 2.97. The van der Waals surface area contributed by atoms with Gasteiger partial charge in [0, 0.05) is 10.9 Å². The molecule has 4 atom stereocenters. The third-order valence-electron chi connectivity index (χ3n) is 4.77. The van der Waals surface area contributed by atoms with Gasteiger partial charge in [0.25, 0.3) is 0 Å². The highest BCUT2D eigenvalue weighted by Gasteiger charge is 2.43. The summed E-state index contributed by atoms with van der Waals surface area (Å²) in [7, 11) is 2.13. The van der Waals surface area contributed by atoms with E-state index < -0.39 is 0 Å².